The zero-order valence-corrected chi connectivity index (χ0v) is 28.3. The Morgan fingerprint density at radius 3 is 2.29 bits per heavy atom. The minimum Gasteiger partial charge on any atom is -0.381 e. The lowest BCUT2D eigenvalue weighted by Crippen LogP contribution is -2.26. The number of hydrogen-bond donors (Lipinski definition) is 1. The summed E-state index contributed by atoms with van der Waals surface area (Å²) in [5.74, 6) is 1.04. The summed E-state index contributed by atoms with van der Waals surface area (Å²) in [6.07, 6.45) is 6.94. The molecular formula is C34H56N3O3P. The number of nitrogens with one attached hydrogen (secondary N) is 1. The van der Waals surface area contributed by atoms with Crippen LogP contribution in [-0.2, 0) is 14.3 Å². The monoisotopic (exact) mass is 585 g/mol. The molecule has 2 aromatic rings. The summed E-state index contributed by atoms with van der Waals surface area (Å²) >= 11 is 0. The molecule has 0 aliphatic carbocycles. The van der Waals surface area contributed by atoms with Crippen molar-refractivity contribution in [1.29, 1.82) is 5.26 Å². The molecule has 0 bridgehead atoms. The third kappa shape index (κ3) is 18.3. The van der Waals surface area contributed by atoms with Crippen molar-refractivity contribution in [2.75, 3.05) is 31.7 Å². The van der Waals surface area contributed by atoms with Gasteiger partial charge in [0, 0.05) is 32.4 Å². The molecule has 0 heterocycles. The van der Waals surface area contributed by atoms with Crippen molar-refractivity contribution in [3.8, 4) is 17.2 Å². The van der Waals surface area contributed by atoms with E-state index >= 15 is 0 Å². The maximum absolute atomic E-state index is 12.2. The minimum absolute atomic E-state index is 0.101. The molecular weight excluding hydrogens is 529 g/mol. The first-order chi connectivity index (χ1) is 19.7. The predicted octanol–water partition coefficient (Wildman–Crippen LogP) is 7.76. The van der Waals surface area contributed by atoms with Gasteiger partial charge in [-0.25, -0.2) is 0 Å². The molecule has 0 aromatic heterocycles. The van der Waals surface area contributed by atoms with Crippen LogP contribution in [0.3, 0.4) is 0 Å². The van der Waals surface area contributed by atoms with E-state index in [1.807, 2.05) is 34.7 Å². The SMILES string of the molecule is CC.CCCC(=O)N(C)c1cc(-c2ccc(C)cc2P)ccc1C.CCCOCCCC(C)CC.N#CCNC=O. The molecule has 2 rings (SSSR count). The molecule has 0 saturated carbocycles. The lowest BCUT2D eigenvalue weighted by atomic mass is 10.0. The number of hydrogen-bond acceptors (Lipinski definition) is 4. The molecule has 2 amide bonds. The van der Waals surface area contributed by atoms with Gasteiger partial charge in [0.05, 0.1) is 6.07 Å². The highest BCUT2D eigenvalue weighted by molar-refractivity contribution is 7.28. The molecule has 2 atom stereocenters. The zero-order chi connectivity index (χ0) is 31.6. The Kier molecular flexibility index (Phi) is 25.8. The van der Waals surface area contributed by atoms with E-state index in [0.717, 1.165) is 48.8 Å². The molecule has 1 N–H and O–H groups in total. The molecule has 0 radical (unpaired) electrons. The highest BCUT2D eigenvalue weighted by Gasteiger charge is 2.14. The van der Waals surface area contributed by atoms with Crippen molar-refractivity contribution in [3.63, 3.8) is 0 Å². The molecule has 2 unspecified atom stereocenters. The van der Waals surface area contributed by atoms with Crippen molar-refractivity contribution in [2.24, 2.45) is 5.92 Å². The number of nitriles is 1. The van der Waals surface area contributed by atoms with Gasteiger partial charge in [0.25, 0.3) is 0 Å². The van der Waals surface area contributed by atoms with Gasteiger partial charge in [-0.05, 0) is 73.5 Å². The molecule has 7 heteroatoms. The van der Waals surface area contributed by atoms with E-state index in [1.54, 1.807) is 11.0 Å². The fourth-order valence-corrected chi connectivity index (χ4v) is 4.20. The van der Waals surface area contributed by atoms with Gasteiger partial charge in [-0.15, -0.1) is 9.24 Å². The van der Waals surface area contributed by atoms with Crippen molar-refractivity contribution in [1.82, 2.24) is 5.32 Å². The summed E-state index contributed by atoms with van der Waals surface area (Å²) in [4.78, 5) is 23.3. The summed E-state index contributed by atoms with van der Waals surface area (Å²) in [5, 5.41) is 11.1. The van der Waals surface area contributed by atoms with Crippen LogP contribution in [0.5, 0.6) is 0 Å². The normalized spacial score (nSPS) is 10.3. The second-order valence-electron chi connectivity index (χ2n) is 9.72. The Morgan fingerprint density at radius 2 is 1.78 bits per heavy atom. The maximum atomic E-state index is 12.2. The highest BCUT2D eigenvalue weighted by atomic mass is 31.0. The summed E-state index contributed by atoms with van der Waals surface area (Å²) in [7, 11) is 4.66. The van der Waals surface area contributed by atoms with Crippen molar-refractivity contribution in [3.05, 3.63) is 47.5 Å². The van der Waals surface area contributed by atoms with E-state index in [1.165, 1.54) is 35.7 Å². The zero-order valence-electron chi connectivity index (χ0n) is 27.2. The minimum atomic E-state index is 0.101. The van der Waals surface area contributed by atoms with Crippen LogP contribution >= 0.6 is 9.24 Å². The van der Waals surface area contributed by atoms with Crippen LogP contribution in [0.2, 0.25) is 0 Å². The summed E-state index contributed by atoms with van der Waals surface area (Å²) in [6.45, 7) is 18.9. The molecule has 0 aliphatic rings. The summed E-state index contributed by atoms with van der Waals surface area (Å²) in [5.41, 5.74) is 5.68. The molecule has 230 valence electrons. The number of nitrogens with zero attached hydrogens (tertiary/aromatic N) is 2. The van der Waals surface area contributed by atoms with Gasteiger partial charge in [-0.3, -0.25) is 9.59 Å². The molecule has 0 fully saturated rings. The number of rotatable bonds is 13. The lowest BCUT2D eigenvalue weighted by Gasteiger charge is -2.21. The fourth-order valence-electron chi connectivity index (χ4n) is 3.67. The van der Waals surface area contributed by atoms with E-state index in [-0.39, 0.29) is 12.5 Å². The Morgan fingerprint density at radius 1 is 1.10 bits per heavy atom. The molecule has 0 spiro atoms. The first kappa shape index (κ1) is 40.4. The smallest absolute Gasteiger partial charge is 0.226 e. The van der Waals surface area contributed by atoms with Gasteiger partial charge in [0.2, 0.25) is 12.3 Å². The lowest BCUT2D eigenvalue weighted by molar-refractivity contribution is -0.118. The molecule has 41 heavy (non-hydrogen) atoms. The largest absolute Gasteiger partial charge is 0.381 e. The number of carbonyl (C=O) groups is 2. The Hall–Kier alpha value is -2.74. The first-order valence-corrected chi connectivity index (χ1v) is 15.6. The predicted molar refractivity (Wildman–Crippen MR) is 180 cm³/mol. The molecule has 0 aliphatic heterocycles. The Bertz CT molecular complexity index is 1020. The number of anilines is 1. The van der Waals surface area contributed by atoms with Crippen molar-refractivity contribution in [2.45, 2.75) is 93.9 Å². The number of benzene rings is 2. The molecule has 0 saturated heterocycles. The van der Waals surface area contributed by atoms with Crippen molar-refractivity contribution >= 4 is 32.5 Å². The Labute approximate surface area is 253 Å². The number of amides is 2. The van der Waals surface area contributed by atoms with Gasteiger partial charge in [0.15, 0.2) is 0 Å². The van der Waals surface area contributed by atoms with Crippen molar-refractivity contribution < 1.29 is 14.3 Å². The van der Waals surface area contributed by atoms with Crippen LogP contribution in [0.4, 0.5) is 5.69 Å². The second kappa shape index (κ2) is 26.2. The average Bonchev–Trinajstić information content (AvgIpc) is 2.97. The fraction of sp³-hybridized carbons (Fsp3) is 0.559. The average molecular weight is 586 g/mol. The van der Waals surface area contributed by atoms with Crippen LogP contribution in [0, 0.1) is 31.1 Å². The van der Waals surface area contributed by atoms with Gasteiger partial charge < -0.3 is 15.0 Å². The van der Waals surface area contributed by atoms with E-state index in [0.29, 0.717) is 12.8 Å². The number of aryl methyl sites for hydroxylation is 2. The summed E-state index contributed by atoms with van der Waals surface area (Å²) in [6, 6.07) is 14.5. The first-order valence-electron chi connectivity index (χ1n) is 15.0. The van der Waals surface area contributed by atoms with Crippen LogP contribution in [0.15, 0.2) is 36.4 Å². The van der Waals surface area contributed by atoms with Gasteiger partial charge in [0.1, 0.15) is 6.54 Å². The molecule has 2 aromatic carbocycles. The van der Waals surface area contributed by atoms with Crippen LogP contribution in [0.25, 0.3) is 11.1 Å². The van der Waals surface area contributed by atoms with E-state index < -0.39 is 0 Å². The van der Waals surface area contributed by atoms with Crippen LogP contribution in [-0.4, -0.2) is 39.1 Å². The number of carbonyl (C=O) groups excluding carboxylic acids is 2. The highest BCUT2D eigenvalue weighted by Crippen LogP contribution is 2.28. The van der Waals surface area contributed by atoms with Crippen LogP contribution < -0.4 is 15.5 Å². The Balaban J connectivity index is 0. The van der Waals surface area contributed by atoms with Gasteiger partial charge >= 0.3 is 0 Å². The van der Waals surface area contributed by atoms with E-state index in [9.17, 15) is 9.59 Å². The van der Waals surface area contributed by atoms with Crippen LogP contribution in [0.1, 0.15) is 91.2 Å². The topological polar surface area (TPSA) is 82.4 Å². The number of ether oxygens (including phenoxy) is 1. The van der Waals surface area contributed by atoms with E-state index in [4.69, 9.17) is 10.00 Å². The second-order valence-corrected chi connectivity index (χ2v) is 10.3. The molecule has 6 nitrogen and oxygen atoms in total. The third-order valence-corrected chi connectivity index (χ3v) is 6.70. The summed E-state index contributed by atoms with van der Waals surface area (Å²) < 4.78 is 5.38. The maximum Gasteiger partial charge on any atom is 0.226 e. The van der Waals surface area contributed by atoms with Gasteiger partial charge in [-0.1, -0.05) is 83.9 Å². The quantitative estimate of drug-likeness (QED) is 0.113. The standard InChI is InChI=1S/C19H24NOP.C10H22O.C3H4N2O.C2H6/c1-5-6-19(21)20(4)17-12-15(9-8-14(17)3)16-10-7-13(2)11-18(16)22;1-4-8-11-9-6-7-10(3)5-2;4-1-2-5-3-6;1-2/h7-12H,5-6,22H2,1-4H3;10H,4-9H2,1-3H3;3H,2H2,(H,5,6);1-2H3. The third-order valence-electron chi connectivity index (χ3n) is 6.22. The van der Waals surface area contributed by atoms with E-state index in [2.05, 4.69) is 78.6 Å². The van der Waals surface area contributed by atoms with Gasteiger partial charge in [-0.2, -0.15) is 5.26 Å².